The zero-order chi connectivity index (χ0) is 19.0. The molecule has 1 spiro atoms. The highest BCUT2D eigenvalue weighted by atomic mass is 32.1. The van der Waals surface area contributed by atoms with E-state index >= 15 is 0 Å². The van der Waals surface area contributed by atoms with Crippen LogP contribution in [0.5, 0.6) is 0 Å². The molecule has 2 fully saturated rings. The van der Waals surface area contributed by atoms with Crippen molar-refractivity contribution in [3.63, 3.8) is 0 Å². The minimum Gasteiger partial charge on any atom is -0.441 e. The molecule has 1 aliphatic heterocycles. The summed E-state index contributed by atoms with van der Waals surface area (Å²) in [7, 11) is 0. The van der Waals surface area contributed by atoms with Crippen molar-refractivity contribution < 1.29 is 9.53 Å². The molecule has 3 aromatic rings. The van der Waals surface area contributed by atoms with Crippen LogP contribution >= 0.6 is 11.5 Å². The predicted molar refractivity (Wildman–Crippen MR) is 109 cm³/mol. The fourth-order valence-electron chi connectivity index (χ4n) is 4.16. The summed E-state index contributed by atoms with van der Waals surface area (Å²) >= 11 is 1.53. The van der Waals surface area contributed by atoms with E-state index in [4.69, 9.17) is 4.74 Å². The van der Waals surface area contributed by atoms with E-state index in [1.165, 1.54) is 21.6 Å². The Hall–Kier alpha value is -2.74. The molecule has 2 aromatic heterocycles. The standard InChI is InChI=1S/C20H21N5O2S/c26-19-25(17-6-3-11-22-23-17)13-20(27-19)9-7-14(8-10-20)12-21-18-15-4-1-2-5-16(15)28-24-18/h1-6,11,14H,7-10,12-13H2,(H,21,24). The summed E-state index contributed by atoms with van der Waals surface area (Å²) in [5, 5.41) is 12.6. The summed E-state index contributed by atoms with van der Waals surface area (Å²) in [5.41, 5.74) is -0.390. The van der Waals surface area contributed by atoms with Crippen molar-refractivity contribution in [1.82, 2.24) is 14.6 Å². The van der Waals surface area contributed by atoms with Gasteiger partial charge >= 0.3 is 6.09 Å². The molecule has 7 nitrogen and oxygen atoms in total. The van der Waals surface area contributed by atoms with Gasteiger partial charge in [0.15, 0.2) is 5.82 Å². The first kappa shape index (κ1) is 17.4. The van der Waals surface area contributed by atoms with E-state index in [0.717, 1.165) is 38.0 Å². The Morgan fingerprint density at radius 1 is 1.21 bits per heavy atom. The number of anilines is 2. The fraction of sp³-hybridized carbons (Fsp3) is 0.400. The van der Waals surface area contributed by atoms with Gasteiger partial charge in [-0.05, 0) is 67.4 Å². The molecule has 1 N–H and O–H groups in total. The van der Waals surface area contributed by atoms with Gasteiger partial charge in [-0.3, -0.25) is 4.90 Å². The highest BCUT2D eigenvalue weighted by Gasteiger charge is 2.48. The third kappa shape index (κ3) is 3.17. The molecule has 0 atom stereocenters. The number of ether oxygens (including phenoxy) is 1. The van der Waals surface area contributed by atoms with Crippen LogP contribution in [0.25, 0.3) is 10.1 Å². The first-order valence-corrected chi connectivity index (χ1v) is 10.4. The summed E-state index contributed by atoms with van der Waals surface area (Å²) in [6.45, 7) is 1.45. The first-order chi connectivity index (χ1) is 13.7. The van der Waals surface area contributed by atoms with Crippen LogP contribution in [0.1, 0.15) is 25.7 Å². The maximum absolute atomic E-state index is 12.4. The van der Waals surface area contributed by atoms with Crippen molar-refractivity contribution in [2.24, 2.45) is 5.92 Å². The molecule has 2 aliphatic rings. The molecule has 1 aliphatic carbocycles. The smallest absolute Gasteiger partial charge is 0.416 e. The van der Waals surface area contributed by atoms with Crippen LogP contribution in [0, 0.1) is 5.92 Å². The van der Waals surface area contributed by atoms with Gasteiger partial charge in [-0.25, -0.2) is 4.79 Å². The van der Waals surface area contributed by atoms with Gasteiger partial charge in [-0.1, -0.05) is 12.1 Å². The van der Waals surface area contributed by atoms with Crippen LogP contribution in [0.15, 0.2) is 42.6 Å². The number of aromatic nitrogens is 3. The van der Waals surface area contributed by atoms with Gasteiger partial charge in [0.1, 0.15) is 11.4 Å². The highest BCUT2D eigenvalue weighted by Crippen LogP contribution is 2.40. The summed E-state index contributed by atoms with van der Waals surface area (Å²) in [5.74, 6) is 2.08. The Morgan fingerprint density at radius 2 is 2.07 bits per heavy atom. The highest BCUT2D eigenvalue weighted by molar-refractivity contribution is 7.13. The Kier molecular flexibility index (Phi) is 4.35. The van der Waals surface area contributed by atoms with Crippen LogP contribution < -0.4 is 10.2 Å². The molecule has 28 heavy (non-hydrogen) atoms. The third-order valence-electron chi connectivity index (χ3n) is 5.76. The second-order valence-corrected chi connectivity index (χ2v) is 8.38. The normalized spacial score (nSPS) is 24.6. The molecular weight excluding hydrogens is 374 g/mol. The van der Waals surface area contributed by atoms with E-state index < -0.39 is 5.60 Å². The van der Waals surface area contributed by atoms with Crippen molar-refractivity contribution in [3.05, 3.63) is 42.6 Å². The largest absolute Gasteiger partial charge is 0.441 e. The SMILES string of the molecule is O=C1OC2(CCC(CNc3nsc4ccccc34)CC2)CN1c1cccnn1. The first-order valence-electron chi connectivity index (χ1n) is 9.59. The van der Waals surface area contributed by atoms with Crippen molar-refractivity contribution in [1.29, 1.82) is 0 Å². The zero-order valence-corrected chi connectivity index (χ0v) is 16.2. The number of nitrogens with one attached hydrogen (secondary N) is 1. The summed E-state index contributed by atoms with van der Waals surface area (Å²) in [4.78, 5) is 14.0. The zero-order valence-electron chi connectivity index (χ0n) is 15.4. The number of hydrogen-bond donors (Lipinski definition) is 1. The Balaban J connectivity index is 1.19. The predicted octanol–water partition coefficient (Wildman–Crippen LogP) is 4.08. The van der Waals surface area contributed by atoms with Crippen molar-refractivity contribution in [3.8, 4) is 0 Å². The topological polar surface area (TPSA) is 80.2 Å². The summed E-state index contributed by atoms with van der Waals surface area (Å²) in [6.07, 6.45) is 5.09. The minimum absolute atomic E-state index is 0.314. The average Bonchev–Trinajstić information content (AvgIpc) is 3.29. The number of carbonyl (C=O) groups is 1. The maximum atomic E-state index is 12.4. The lowest BCUT2D eigenvalue weighted by Crippen LogP contribution is -2.39. The van der Waals surface area contributed by atoms with Crippen molar-refractivity contribution >= 4 is 39.3 Å². The number of fused-ring (bicyclic) bond motifs is 1. The van der Waals surface area contributed by atoms with Crippen LogP contribution in [0.2, 0.25) is 0 Å². The number of hydrogen-bond acceptors (Lipinski definition) is 7. The van der Waals surface area contributed by atoms with E-state index in [0.29, 0.717) is 18.3 Å². The van der Waals surface area contributed by atoms with Gasteiger partial charge in [-0.15, -0.1) is 5.10 Å². The lowest BCUT2D eigenvalue weighted by atomic mass is 9.78. The molecule has 5 rings (SSSR count). The van der Waals surface area contributed by atoms with Gasteiger partial charge < -0.3 is 10.1 Å². The van der Waals surface area contributed by atoms with Gasteiger partial charge in [0, 0.05) is 18.1 Å². The summed E-state index contributed by atoms with van der Waals surface area (Å²) in [6, 6.07) is 11.9. The molecule has 8 heteroatoms. The number of carbonyl (C=O) groups excluding carboxylic acids is 1. The number of rotatable bonds is 4. The fourth-order valence-corrected chi connectivity index (χ4v) is 4.91. The second kappa shape index (κ2) is 7.01. The Morgan fingerprint density at radius 3 is 2.89 bits per heavy atom. The molecule has 144 valence electrons. The molecule has 1 aromatic carbocycles. The molecular formula is C20H21N5O2S. The quantitative estimate of drug-likeness (QED) is 0.717. The molecule has 3 heterocycles. The van der Waals surface area contributed by atoms with Crippen molar-refractivity contribution in [2.75, 3.05) is 23.3 Å². The number of nitrogens with zero attached hydrogens (tertiary/aromatic N) is 4. The third-order valence-corrected chi connectivity index (χ3v) is 6.58. The Labute approximate surface area is 166 Å². The van der Waals surface area contributed by atoms with Crippen LogP contribution in [0.3, 0.4) is 0 Å². The van der Waals surface area contributed by atoms with Gasteiger partial charge in [0.05, 0.1) is 11.2 Å². The van der Waals surface area contributed by atoms with Gasteiger partial charge in [0.2, 0.25) is 0 Å². The molecule has 0 radical (unpaired) electrons. The average molecular weight is 395 g/mol. The summed E-state index contributed by atoms with van der Waals surface area (Å²) < 4.78 is 11.6. The minimum atomic E-state index is -0.390. The van der Waals surface area contributed by atoms with Crippen LogP contribution in [-0.4, -0.2) is 39.4 Å². The molecule has 0 unspecified atom stereocenters. The molecule has 1 saturated heterocycles. The lowest BCUT2D eigenvalue weighted by molar-refractivity contribution is 0.0148. The molecule has 1 saturated carbocycles. The maximum Gasteiger partial charge on any atom is 0.416 e. The number of amides is 1. The monoisotopic (exact) mass is 395 g/mol. The van der Waals surface area contributed by atoms with Gasteiger partial charge in [-0.2, -0.15) is 9.47 Å². The van der Waals surface area contributed by atoms with E-state index in [1.807, 2.05) is 12.1 Å². The molecule has 0 bridgehead atoms. The van der Waals surface area contributed by atoms with E-state index in [9.17, 15) is 4.79 Å². The van der Waals surface area contributed by atoms with E-state index in [1.54, 1.807) is 23.2 Å². The van der Waals surface area contributed by atoms with E-state index in [-0.39, 0.29) is 6.09 Å². The van der Waals surface area contributed by atoms with Gasteiger partial charge in [0.25, 0.3) is 0 Å². The number of benzene rings is 1. The van der Waals surface area contributed by atoms with Crippen molar-refractivity contribution in [2.45, 2.75) is 31.3 Å². The lowest BCUT2D eigenvalue weighted by Gasteiger charge is -2.35. The van der Waals surface area contributed by atoms with Crippen LogP contribution in [-0.2, 0) is 4.74 Å². The second-order valence-electron chi connectivity index (χ2n) is 7.57. The van der Waals surface area contributed by atoms with Crippen LogP contribution in [0.4, 0.5) is 16.4 Å². The van der Waals surface area contributed by atoms with E-state index in [2.05, 4.69) is 32.0 Å². The molecule has 1 amide bonds. The Bertz CT molecular complexity index is 984.